The molecule has 3 aromatic heterocycles. The summed E-state index contributed by atoms with van der Waals surface area (Å²) in [6.07, 6.45) is 5.57. The molecule has 1 saturated carbocycles. The first kappa shape index (κ1) is 21.6. The van der Waals surface area contributed by atoms with Crippen LogP contribution in [0.15, 0.2) is 47.6 Å². The lowest BCUT2D eigenvalue weighted by atomic mass is 10.2. The van der Waals surface area contributed by atoms with Crippen LogP contribution < -0.4 is 16.0 Å². The maximum atomic E-state index is 10.0. The number of aromatic hydroxyl groups is 2. The van der Waals surface area contributed by atoms with Crippen molar-refractivity contribution < 1.29 is 14.9 Å². The summed E-state index contributed by atoms with van der Waals surface area (Å²) >= 11 is 0. The monoisotopic (exact) mass is 473 g/mol. The molecule has 4 heterocycles. The van der Waals surface area contributed by atoms with E-state index in [-0.39, 0.29) is 11.8 Å². The molecule has 10 nitrogen and oxygen atoms in total. The molecule has 180 valence electrons. The molecule has 2 aliphatic rings. The minimum atomic E-state index is -0.115. The summed E-state index contributed by atoms with van der Waals surface area (Å²) in [6.45, 7) is 4.32. The summed E-state index contributed by atoms with van der Waals surface area (Å²) in [6, 6.07) is 12.0. The molecule has 0 unspecified atom stereocenters. The summed E-state index contributed by atoms with van der Waals surface area (Å²) < 4.78 is 7.17. The van der Waals surface area contributed by atoms with Gasteiger partial charge in [0.05, 0.1) is 25.5 Å². The van der Waals surface area contributed by atoms with E-state index in [0.29, 0.717) is 28.3 Å². The van der Waals surface area contributed by atoms with E-state index in [9.17, 15) is 10.2 Å². The van der Waals surface area contributed by atoms with Crippen molar-refractivity contribution in [2.75, 3.05) is 31.6 Å². The van der Waals surface area contributed by atoms with Crippen molar-refractivity contribution in [3.8, 4) is 11.8 Å². The Morgan fingerprint density at radius 2 is 2.03 bits per heavy atom. The van der Waals surface area contributed by atoms with Crippen LogP contribution in [0.3, 0.4) is 0 Å². The predicted molar refractivity (Wildman–Crippen MR) is 130 cm³/mol. The molecule has 1 aliphatic heterocycles. The number of benzene rings is 1. The molecule has 2 fully saturated rings. The number of nitrogens with zero attached hydrogens (tertiary/aromatic N) is 5. The van der Waals surface area contributed by atoms with Crippen LogP contribution in [0.25, 0.3) is 11.7 Å². The third-order valence-corrected chi connectivity index (χ3v) is 6.17. The van der Waals surface area contributed by atoms with Gasteiger partial charge in [-0.15, -0.1) is 0 Å². The summed E-state index contributed by atoms with van der Waals surface area (Å²) in [7, 11) is 0. The first-order chi connectivity index (χ1) is 17.1. The van der Waals surface area contributed by atoms with Gasteiger partial charge in [-0.25, -0.2) is 4.98 Å². The Hall–Kier alpha value is -3.89. The molecular weight excluding hydrogens is 446 g/mol. The van der Waals surface area contributed by atoms with Crippen molar-refractivity contribution in [2.45, 2.75) is 25.4 Å². The van der Waals surface area contributed by atoms with Crippen LogP contribution >= 0.6 is 0 Å². The van der Waals surface area contributed by atoms with Gasteiger partial charge in [-0.2, -0.15) is 9.61 Å². The SMILES string of the molecule is Oc1cc(C=c2cnn3c(=NC4CC4)cc(Nc4cccc(CN5CCOCC5)c4)nc23)c(O)[nH]1. The van der Waals surface area contributed by atoms with E-state index in [4.69, 9.17) is 14.7 Å². The lowest BCUT2D eigenvalue weighted by molar-refractivity contribution is 0.0342. The molecule has 0 bridgehead atoms. The van der Waals surface area contributed by atoms with Gasteiger partial charge in [0.25, 0.3) is 0 Å². The Morgan fingerprint density at radius 3 is 2.80 bits per heavy atom. The third-order valence-electron chi connectivity index (χ3n) is 6.17. The number of H-pyrrole nitrogens is 1. The maximum Gasteiger partial charge on any atom is 0.198 e. The van der Waals surface area contributed by atoms with Gasteiger partial charge in [0, 0.05) is 48.2 Å². The highest BCUT2D eigenvalue weighted by Crippen LogP contribution is 2.23. The number of rotatable bonds is 6. The van der Waals surface area contributed by atoms with E-state index in [1.165, 1.54) is 11.6 Å². The van der Waals surface area contributed by atoms with E-state index < -0.39 is 0 Å². The Kier molecular flexibility index (Phi) is 5.59. The first-order valence-corrected chi connectivity index (χ1v) is 11.8. The van der Waals surface area contributed by atoms with Crippen molar-refractivity contribution in [2.24, 2.45) is 4.99 Å². The third kappa shape index (κ3) is 4.84. The second-order valence-corrected chi connectivity index (χ2v) is 9.01. The van der Waals surface area contributed by atoms with Crippen LogP contribution in [-0.4, -0.2) is 67.0 Å². The number of anilines is 2. The summed E-state index contributed by atoms with van der Waals surface area (Å²) in [5.74, 6) is 0.440. The molecule has 4 aromatic rings. The zero-order chi connectivity index (χ0) is 23.8. The molecule has 1 saturated heterocycles. The predicted octanol–water partition coefficient (Wildman–Crippen LogP) is 1.66. The van der Waals surface area contributed by atoms with Crippen LogP contribution in [0.5, 0.6) is 11.8 Å². The fraction of sp³-hybridized carbons (Fsp3) is 0.320. The molecule has 6 rings (SSSR count). The number of ether oxygens (including phenoxy) is 1. The zero-order valence-electron chi connectivity index (χ0n) is 19.2. The van der Waals surface area contributed by atoms with Crippen LogP contribution in [-0.2, 0) is 11.3 Å². The second kappa shape index (κ2) is 9.05. The van der Waals surface area contributed by atoms with Crippen LogP contribution in [0.1, 0.15) is 24.0 Å². The molecule has 0 spiro atoms. The van der Waals surface area contributed by atoms with E-state index >= 15 is 0 Å². The Labute approximate surface area is 201 Å². The van der Waals surface area contributed by atoms with E-state index in [0.717, 1.165) is 56.9 Å². The fourth-order valence-corrected chi connectivity index (χ4v) is 4.25. The first-order valence-electron chi connectivity index (χ1n) is 11.8. The number of hydrogen-bond acceptors (Lipinski definition) is 8. The van der Waals surface area contributed by atoms with E-state index in [1.54, 1.807) is 16.8 Å². The van der Waals surface area contributed by atoms with Gasteiger partial charge in [0.2, 0.25) is 0 Å². The minimum Gasteiger partial charge on any atom is -0.494 e. The smallest absolute Gasteiger partial charge is 0.198 e. The molecule has 10 heteroatoms. The average molecular weight is 474 g/mol. The Balaban J connectivity index is 1.36. The van der Waals surface area contributed by atoms with Gasteiger partial charge >= 0.3 is 0 Å². The van der Waals surface area contributed by atoms with Gasteiger partial charge in [-0.1, -0.05) is 12.1 Å². The molecule has 35 heavy (non-hydrogen) atoms. The molecule has 0 radical (unpaired) electrons. The molecule has 0 amide bonds. The molecule has 1 aliphatic carbocycles. The summed E-state index contributed by atoms with van der Waals surface area (Å²) in [5.41, 5.74) is 3.96. The number of aromatic amines is 1. The average Bonchev–Trinajstić information content (AvgIpc) is 3.48. The van der Waals surface area contributed by atoms with Gasteiger partial charge in [-0.3, -0.25) is 14.9 Å². The summed E-state index contributed by atoms with van der Waals surface area (Å²) in [5, 5.41) is 28.3. The highest BCUT2D eigenvalue weighted by atomic mass is 16.5. The number of morpholine rings is 1. The lowest BCUT2D eigenvalue weighted by Gasteiger charge is -2.26. The highest BCUT2D eigenvalue weighted by Gasteiger charge is 2.20. The number of nitrogens with one attached hydrogen (secondary N) is 2. The highest BCUT2D eigenvalue weighted by molar-refractivity contribution is 5.63. The normalized spacial score (nSPS) is 17.9. The fourth-order valence-electron chi connectivity index (χ4n) is 4.25. The van der Waals surface area contributed by atoms with Crippen molar-refractivity contribution >= 4 is 23.2 Å². The molecule has 4 N–H and O–H groups in total. The van der Waals surface area contributed by atoms with Crippen LogP contribution in [0, 0.1) is 0 Å². The van der Waals surface area contributed by atoms with Crippen molar-refractivity contribution in [3.63, 3.8) is 0 Å². The zero-order valence-corrected chi connectivity index (χ0v) is 19.2. The van der Waals surface area contributed by atoms with Crippen molar-refractivity contribution in [1.29, 1.82) is 0 Å². The molecular formula is C25H27N7O3. The largest absolute Gasteiger partial charge is 0.494 e. The van der Waals surface area contributed by atoms with Crippen LogP contribution in [0.4, 0.5) is 11.5 Å². The maximum absolute atomic E-state index is 10.0. The van der Waals surface area contributed by atoms with Crippen LogP contribution in [0.2, 0.25) is 0 Å². The van der Waals surface area contributed by atoms with Crippen molar-refractivity contribution in [3.05, 3.63) is 64.4 Å². The standard InChI is InChI=1S/C25H27N7O3/c33-23-12-17(25(34)30-23)11-18-14-26-32-22(28-19-4-5-19)13-21(29-24(18)32)27-20-3-1-2-16(10-20)15-31-6-8-35-9-7-31/h1-3,10-14,19,27,30,33-34H,4-9,15H2. The topological polar surface area (TPSA) is 123 Å². The quantitative estimate of drug-likeness (QED) is 0.336. The number of fused-ring (bicyclic) bond motifs is 1. The van der Waals surface area contributed by atoms with E-state index in [1.807, 2.05) is 18.2 Å². The van der Waals surface area contributed by atoms with Gasteiger partial charge in [-0.05, 0) is 36.6 Å². The van der Waals surface area contributed by atoms with Gasteiger partial charge < -0.3 is 20.3 Å². The number of hydrogen-bond donors (Lipinski definition) is 4. The number of aromatic nitrogens is 4. The van der Waals surface area contributed by atoms with Crippen molar-refractivity contribution in [1.82, 2.24) is 24.5 Å². The lowest BCUT2D eigenvalue weighted by Crippen LogP contribution is -2.35. The van der Waals surface area contributed by atoms with Gasteiger partial charge in [0.1, 0.15) is 5.82 Å². The molecule has 0 atom stereocenters. The molecule has 1 aromatic carbocycles. The van der Waals surface area contributed by atoms with E-state index in [2.05, 4.69) is 32.4 Å². The Bertz CT molecular complexity index is 1480. The van der Waals surface area contributed by atoms with Gasteiger partial charge in [0.15, 0.2) is 22.9 Å². The minimum absolute atomic E-state index is 0.109. The second-order valence-electron chi connectivity index (χ2n) is 9.01. The Morgan fingerprint density at radius 1 is 1.17 bits per heavy atom. The summed E-state index contributed by atoms with van der Waals surface area (Å²) in [4.78, 5) is 14.5.